The second-order valence-electron chi connectivity index (χ2n) is 1.91. The van der Waals surface area contributed by atoms with E-state index < -0.39 is 0 Å². The molecule has 0 unspecified atom stereocenters. The molecule has 0 aromatic heterocycles. The maximum atomic E-state index is 3.09. The third-order valence-corrected chi connectivity index (χ3v) is 1.15. The molecule has 0 saturated carbocycles. The minimum atomic E-state index is 0.540. The van der Waals surface area contributed by atoms with Crippen LogP contribution in [0, 0.1) is 17.8 Å². The molecule has 0 heterocycles. The SMILES string of the molecule is CC(C)C#CCCI. The van der Waals surface area contributed by atoms with Gasteiger partial charge >= 0.3 is 0 Å². The van der Waals surface area contributed by atoms with Crippen molar-refractivity contribution in [2.45, 2.75) is 20.3 Å². The highest BCUT2D eigenvalue weighted by atomic mass is 127. The Bertz CT molecular complexity index is 94.7. The Labute approximate surface area is 65.2 Å². The highest BCUT2D eigenvalue weighted by molar-refractivity contribution is 14.1. The van der Waals surface area contributed by atoms with E-state index in [1.807, 2.05) is 0 Å². The van der Waals surface area contributed by atoms with Crippen molar-refractivity contribution in [1.82, 2.24) is 0 Å². The predicted octanol–water partition coefficient (Wildman–Crippen LogP) is 2.47. The average molecular weight is 222 g/mol. The normalized spacial score (nSPS) is 8.50. The molecular weight excluding hydrogens is 211 g/mol. The van der Waals surface area contributed by atoms with Gasteiger partial charge in [0.15, 0.2) is 0 Å². The van der Waals surface area contributed by atoms with Crippen molar-refractivity contribution in [2.75, 3.05) is 4.43 Å². The highest BCUT2D eigenvalue weighted by Gasteiger charge is 1.78. The Morgan fingerprint density at radius 3 is 2.50 bits per heavy atom. The fraction of sp³-hybridized carbons (Fsp3) is 0.714. The minimum Gasteiger partial charge on any atom is -0.102 e. The molecule has 0 spiro atoms. The standard InChI is InChI=1S/C7H11I/c1-7(2)5-3-4-6-8/h7H,4,6H2,1-2H3. The maximum absolute atomic E-state index is 3.09. The molecule has 0 N–H and O–H groups in total. The molecule has 1 heteroatoms. The van der Waals surface area contributed by atoms with E-state index in [1.165, 1.54) is 0 Å². The summed E-state index contributed by atoms with van der Waals surface area (Å²) in [6.45, 7) is 4.22. The first kappa shape index (κ1) is 8.29. The van der Waals surface area contributed by atoms with Crippen LogP contribution in [-0.4, -0.2) is 4.43 Å². The largest absolute Gasteiger partial charge is 0.102 e. The van der Waals surface area contributed by atoms with Crippen molar-refractivity contribution in [2.24, 2.45) is 5.92 Å². The van der Waals surface area contributed by atoms with Crippen LogP contribution in [0.1, 0.15) is 20.3 Å². The van der Waals surface area contributed by atoms with Crippen LogP contribution >= 0.6 is 22.6 Å². The molecule has 0 aliphatic carbocycles. The van der Waals surface area contributed by atoms with Gasteiger partial charge in [0.1, 0.15) is 0 Å². The Hall–Kier alpha value is 0.290. The lowest BCUT2D eigenvalue weighted by Crippen LogP contribution is -1.77. The lowest BCUT2D eigenvalue weighted by molar-refractivity contribution is 0.865. The van der Waals surface area contributed by atoms with Crippen molar-refractivity contribution in [3.05, 3.63) is 0 Å². The molecule has 0 saturated heterocycles. The average Bonchev–Trinajstić information content (AvgIpc) is 1.66. The van der Waals surface area contributed by atoms with Crippen molar-refractivity contribution in [3.8, 4) is 11.8 Å². The van der Waals surface area contributed by atoms with Crippen LogP contribution in [0.15, 0.2) is 0 Å². The predicted molar refractivity (Wildman–Crippen MR) is 46.1 cm³/mol. The van der Waals surface area contributed by atoms with Gasteiger partial charge in [-0.15, -0.1) is 11.8 Å². The fourth-order valence-corrected chi connectivity index (χ4v) is 0.593. The van der Waals surface area contributed by atoms with Gasteiger partial charge in [-0.25, -0.2) is 0 Å². The van der Waals surface area contributed by atoms with Gasteiger partial charge < -0.3 is 0 Å². The molecular formula is C7H11I. The van der Waals surface area contributed by atoms with Crippen molar-refractivity contribution < 1.29 is 0 Å². The summed E-state index contributed by atoms with van der Waals surface area (Å²) >= 11 is 2.33. The van der Waals surface area contributed by atoms with Gasteiger partial charge in [-0.2, -0.15) is 0 Å². The number of halogens is 1. The Morgan fingerprint density at radius 2 is 2.12 bits per heavy atom. The van der Waals surface area contributed by atoms with E-state index in [4.69, 9.17) is 0 Å². The fourth-order valence-electron chi connectivity index (χ4n) is 0.324. The summed E-state index contributed by atoms with van der Waals surface area (Å²) in [7, 11) is 0. The summed E-state index contributed by atoms with van der Waals surface area (Å²) in [6, 6.07) is 0. The van der Waals surface area contributed by atoms with E-state index in [-0.39, 0.29) is 0 Å². The maximum Gasteiger partial charge on any atom is 0.0179 e. The molecule has 0 aromatic rings. The Morgan fingerprint density at radius 1 is 1.50 bits per heavy atom. The third kappa shape index (κ3) is 6.29. The second kappa shape index (κ2) is 5.43. The summed E-state index contributed by atoms with van der Waals surface area (Å²) < 4.78 is 1.15. The van der Waals surface area contributed by atoms with Crippen molar-refractivity contribution in [1.29, 1.82) is 0 Å². The van der Waals surface area contributed by atoms with Gasteiger partial charge in [0.05, 0.1) is 0 Å². The highest BCUT2D eigenvalue weighted by Crippen LogP contribution is 1.89. The van der Waals surface area contributed by atoms with Gasteiger partial charge in [0.25, 0.3) is 0 Å². The van der Waals surface area contributed by atoms with E-state index in [2.05, 4.69) is 48.3 Å². The molecule has 46 valence electrons. The summed E-state index contributed by atoms with van der Waals surface area (Å²) in [4.78, 5) is 0. The minimum absolute atomic E-state index is 0.540. The molecule has 0 aromatic carbocycles. The molecule has 0 nitrogen and oxygen atoms in total. The van der Waals surface area contributed by atoms with Crippen molar-refractivity contribution in [3.63, 3.8) is 0 Å². The van der Waals surface area contributed by atoms with Crippen LogP contribution in [-0.2, 0) is 0 Å². The summed E-state index contributed by atoms with van der Waals surface area (Å²) in [6.07, 6.45) is 1.04. The third-order valence-electron chi connectivity index (χ3n) is 0.610. The quantitative estimate of drug-likeness (QED) is 0.363. The monoisotopic (exact) mass is 222 g/mol. The first-order chi connectivity index (χ1) is 3.77. The van der Waals surface area contributed by atoms with Crippen LogP contribution < -0.4 is 0 Å². The molecule has 0 aliphatic rings. The first-order valence-corrected chi connectivity index (χ1v) is 4.34. The van der Waals surface area contributed by atoms with Gasteiger partial charge in [-0.05, 0) is 0 Å². The summed E-state index contributed by atoms with van der Waals surface area (Å²) in [5.41, 5.74) is 0. The van der Waals surface area contributed by atoms with E-state index in [0.29, 0.717) is 5.92 Å². The van der Waals surface area contributed by atoms with Gasteiger partial charge in [-0.1, -0.05) is 36.4 Å². The number of hydrogen-bond donors (Lipinski definition) is 0. The lowest BCUT2D eigenvalue weighted by atomic mass is 10.2. The van der Waals surface area contributed by atoms with E-state index in [0.717, 1.165) is 10.8 Å². The zero-order valence-electron chi connectivity index (χ0n) is 5.37. The smallest absolute Gasteiger partial charge is 0.0179 e. The van der Waals surface area contributed by atoms with Gasteiger partial charge in [-0.3, -0.25) is 0 Å². The molecule has 0 amide bonds. The molecule has 0 rings (SSSR count). The molecule has 0 fully saturated rings. The van der Waals surface area contributed by atoms with Crippen molar-refractivity contribution >= 4 is 22.6 Å². The van der Waals surface area contributed by atoms with Gasteiger partial charge in [0.2, 0.25) is 0 Å². The lowest BCUT2D eigenvalue weighted by Gasteiger charge is -1.84. The van der Waals surface area contributed by atoms with E-state index in [1.54, 1.807) is 0 Å². The number of rotatable bonds is 1. The van der Waals surface area contributed by atoms with Crippen LogP contribution in [0.3, 0.4) is 0 Å². The molecule has 8 heavy (non-hydrogen) atoms. The number of alkyl halides is 1. The Kier molecular flexibility index (Phi) is 5.62. The van der Waals surface area contributed by atoms with Crippen LogP contribution in [0.25, 0.3) is 0 Å². The zero-order valence-corrected chi connectivity index (χ0v) is 7.53. The topological polar surface area (TPSA) is 0 Å². The number of hydrogen-bond acceptors (Lipinski definition) is 0. The van der Waals surface area contributed by atoms with Crippen LogP contribution in [0.4, 0.5) is 0 Å². The van der Waals surface area contributed by atoms with Crippen LogP contribution in [0.2, 0.25) is 0 Å². The molecule has 0 bridgehead atoms. The van der Waals surface area contributed by atoms with E-state index in [9.17, 15) is 0 Å². The molecule has 0 radical (unpaired) electrons. The van der Waals surface area contributed by atoms with Gasteiger partial charge in [0, 0.05) is 16.8 Å². The van der Waals surface area contributed by atoms with E-state index >= 15 is 0 Å². The zero-order chi connectivity index (χ0) is 6.41. The summed E-state index contributed by atoms with van der Waals surface area (Å²) in [5.74, 6) is 6.71. The summed E-state index contributed by atoms with van der Waals surface area (Å²) in [5, 5.41) is 0. The second-order valence-corrected chi connectivity index (χ2v) is 2.99. The Balaban J connectivity index is 3.20. The molecule has 0 aliphatic heterocycles. The van der Waals surface area contributed by atoms with Crippen LogP contribution in [0.5, 0.6) is 0 Å². The molecule has 0 atom stereocenters. The first-order valence-electron chi connectivity index (χ1n) is 2.81.